The van der Waals surface area contributed by atoms with Crippen molar-refractivity contribution in [1.82, 2.24) is 19.8 Å². The first-order valence-corrected chi connectivity index (χ1v) is 11.2. The van der Waals surface area contributed by atoms with Gasteiger partial charge in [-0.1, -0.05) is 32.3 Å². The van der Waals surface area contributed by atoms with Crippen LogP contribution in [0.2, 0.25) is 0 Å². The van der Waals surface area contributed by atoms with Crippen LogP contribution in [0.5, 0.6) is 0 Å². The van der Waals surface area contributed by atoms with Crippen LogP contribution < -0.4 is 5.32 Å². The Kier molecular flexibility index (Phi) is 5.72. The Morgan fingerprint density at radius 2 is 2.00 bits per heavy atom. The minimum atomic E-state index is 0.100. The molecule has 1 saturated carbocycles. The molecule has 2 unspecified atom stereocenters. The summed E-state index contributed by atoms with van der Waals surface area (Å²) in [5.41, 5.74) is 5.26. The molecule has 2 fully saturated rings. The lowest BCUT2D eigenvalue weighted by Crippen LogP contribution is -2.30. The zero-order valence-electron chi connectivity index (χ0n) is 17.3. The van der Waals surface area contributed by atoms with Crippen LogP contribution >= 0.6 is 12.2 Å². The van der Waals surface area contributed by atoms with Gasteiger partial charge < -0.3 is 14.8 Å². The molecule has 0 spiro atoms. The summed E-state index contributed by atoms with van der Waals surface area (Å²) in [7, 11) is 0. The van der Waals surface area contributed by atoms with E-state index in [0.717, 1.165) is 23.8 Å². The zero-order chi connectivity index (χ0) is 19.7. The highest BCUT2D eigenvalue weighted by Gasteiger charge is 2.41. The first-order valence-electron chi connectivity index (χ1n) is 10.8. The normalized spacial score (nSPS) is 22.8. The molecule has 0 amide bonds. The Balaban J connectivity index is 1.76. The number of rotatable bonds is 6. The molecule has 1 aliphatic heterocycles. The van der Waals surface area contributed by atoms with Gasteiger partial charge in [0.1, 0.15) is 0 Å². The van der Waals surface area contributed by atoms with Crippen molar-refractivity contribution in [3.8, 4) is 0 Å². The van der Waals surface area contributed by atoms with E-state index in [0.29, 0.717) is 6.04 Å². The third-order valence-corrected chi connectivity index (χ3v) is 6.83. The molecule has 2 aromatic heterocycles. The van der Waals surface area contributed by atoms with Gasteiger partial charge in [0.05, 0.1) is 17.8 Å². The van der Waals surface area contributed by atoms with Gasteiger partial charge in [-0.3, -0.25) is 4.98 Å². The molecule has 3 heterocycles. The summed E-state index contributed by atoms with van der Waals surface area (Å²) < 4.78 is 2.59. The van der Waals surface area contributed by atoms with Crippen molar-refractivity contribution in [2.75, 3.05) is 6.54 Å². The Morgan fingerprint density at radius 3 is 2.68 bits per heavy atom. The molecule has 0 bridgehead atoms. The maximum atomic E-state index is 5.78. The molecular formula is C23H32N4S. The SMILES string of the molecule is CCCCN1C(=S)NC(c2ccccn2)C1c1cc(C)n(C2CCCC2)c1C. The first kappa shape index (κ1) is 19.4. The standard InChI is InChI=1S/C23H32N4S/c1-4-5-14-26-22(21(25-23(26)28)20-12-8-9-13-24-20)19-15-16(2)27(17(19)3)18-10-6-7-11-18/h8-9,12-13,15,18,21-22H,4-7,10-11,14H2,1-3H3,(H,25,28). The molecular weight excluding hydrogens is 364 g/mol. The van der Waals surface area contributed by atoms with E-state index in [1.54, 1.807) is 0 Å². The molecule has 0 radical (unpaired) electrons. The number of aryl methyl sites for hydroxylation is 1. The molecule has 2 atom stereocenters. The quantitative estimate of drug-likeness (QED) is 0.664. The van der Waals surface area contributed by atoms with Gasteiger partial charge in [0.15, 0.2) is 5.11 Å². The Hall–Kier alpha value is -1.88. The van der Waals surface area contributed by atoms with Crippen molar-refractivity contribution in [3.05, 3.63) is 53.1 Å². The molecule has 2 aliphatic rings. The van der Waals surface area contributed by atoms with Crippen molar-refractivity contribution in [1.29, 1.82) is 0 Å². The average molecular weight is 397 g/mol. The number of thiocarbonyl (C=S) groups is 1. The second kappa shape index (κ2) is 8.24. The van der Waals surface area contributed by atoms with Gasteiger partial charge in [0.25, 0.3) is 0 Å². The van der Waals surface area contributed by atoms with E-state index in [2.05, 4.69) is 58.7 Å². The van der Waals surface area contributed by atoms with E-state index in [1.165, 1.54) is 49.1 Å². The third-order valence-electron chi connectivity index (χ3n) is 6.48. The average Bonchev–Trinajstić information content (AvgIpc) is 3.39. The number of aromatic nitrogens is 2. The van der Waals surface area contributed by atoms with Crippen LogP contribution in [-0.2, 0) is 0 Å². The highest BCUT2D eigenvalue weighted by molar-refractivity contribution is 7.80. The number of unbranched alkanes of at least 4 members (excludes halogenated alkanes) is 1. The van der Waals surface area contributed by atoms with E-state index in [-0.39, 0.29) is 12.1 Å². The summed E-state index contributed by atoms with van der Waals surface area (Å²) in [6.45, 7) is 7.80. The van der Waals surface area contributed by atoms with Crippen LogP contribution in [0.3, 0.4) is 0 Å². The van der Waals surface area contributed by atoms with Crippen molar-refractivity contribution in [2.45, 2.75) is 77.4 Å². The number of nitrogens with one attached hydrogen (secondary N) is 1. The van der Waals surface area contributed by atoms with E-state index in [4.69, 9.17) is 12.2 Å². The summed E-state index contributed by atoms with van der Waals surface area (Å²) in [5, 5.41) is 4.45. The summed E-state index contributed by atoms with van der Waals surface area (Å²) in [5.74, 6) is 0. The van der Waals surface area contributed by atoms with Gasteiger partial charge >= 0.3 is 0 Å². The van der Waals surface area contributed by atoms with Crippen LogP contribution in [0.25, 0.3) is 0 Å². The van der Waals surface area contributed by atoms with Crippen molar-refractivity contribution < 1.29 is 0 Å². The molecule has 150 valence electrons. The molecule has 1 saturated heterocycles. The van der Waals surface area contributed by atoms with Gasteiger partial charge in [-0.2, -0.15) is 0 Å². The molecule has 1 aliphatic carbocycles. The minimum absolute atomic E-state index is 0.100. The van der Waals surface area contributed by atoms with Crippen LogP contribution in [0.4, 0.5) is 0 Å². The molecule has 4 nitrogen and oxygen atoms in total. The zero-order valence-corrected chi connectivity index (χ0v) is 18.1. The van der Waals surface area contributed by atoms with Crippen LogP contribution in [-0.4, -0.2) is 26.1 Å². The molecule has 1 N–H and O–H groups in total. The number of hydrogen-bond acceptors (Lipinski definition) is 2. The van der Waals surface area contributed by atoms with E-state index < -0.39 is 0 Å². The highest BCUT2D eigenvalue weighted by atomic mass is 32.1. The van der Waals surface area contributed by atoms with Crippen LogP contribution in [0.15, 0.2) is 30.5 Å². The molecule has 28 heavy (non-hydrogen) atoms. The predicted molar refractivity (Wildman–Crippen MR) is 118 cm³/mol. The Bertz CT molecular complexity index is 823. The van der Waals surface area contributed by atoms with Crippen molar-refractivity contribution >= 4 is 17.3 Å². The highest BCUT2D eigenvalue weighted by Crippen LogP contribution is 2.42. The Morgan fingerprint density at radius 1 is 1.21 bits per heavy atom. The third kappa shape index (κ3) is 3.45. The maximum Gasteiger partial charge on any atom is 0.170 e. The second-order valence-corrected chi connectivity index (χ2v) is 8.70. The molecule has 5 heteroatoms. The molecule has 2 aromatic rings. The van der Waals surface area contributed by atoms with Crippen molar-refractivity contribution in [2.24, 2.45) is 0 Å². The summed E-state index contributed by atoms with van der Waals surface area (Å²) in [6, 6.07) is 9.54. The van der Waals surface area contributed by atoms with Gasteiger partial charge in [-0.25, -0.2) is 0 Å². The number of nitrogens with zero attached hydrogens (tertiary/aromatic N) is 3. The largest absolute Gasteiger partial charge is 0.352 e. The lowest BCUT2D eigenvalue weighted by Gasteiger charge is -2.28. The maximum absolute atomic E-state index is 5.78. The smallest absolute Gasteiger partial charge is 0.170 e. The predicted octanol–water partition coefficient (Wildman–Crippen LogP) is 5.39. The van der Waals surface area contributed by atoms with Gasteiger partial charge in [0.2, 0.25) is 0 Å². The van der Waals surface area contributed by atoms with Gasteiger partial charge in [0, 0.05) is 30.2 Å². The lowest BCUT2D eigenvalue weighted by atomic mass is 9.96. The fourth-order valence-corrected chi connectivity index (χ4v) is 5.47. The summed E-state index contributed by atoms with van der Waals surface area (Å²) >= 11 is 5.78. The van der Waals surface area contributed by atoms with E-state index >= 15 is 0 Å². The van der Waals surface area contributed by atoms with Crippen LogP contribution in [0.1, 0.15) is 86.2 Å². The topological polar surface area (TPSA) is 33.1 Å². The number of pyridine rings is 1. The summed E-state index contributed by atoms with van der Waals surface area (Å²) in [4.78, 5) is 7.07. The fourth-order valence-electron chi connectivity index (χ4n) is 5.14. The van der Waals surface area contributed by atoms with Crippen LogP contribution in [0, 0.1) is 13.8 Å². The van der Waals surface area contributed by atoms with E-state index in [1.807, 2.05) is 12.3 Å². The van der Waals surface area contributed by atoms with E-state index in [9.17, 15) is 0 Å². The lowest BCUT2D eigenvalue weighted by molar-refractivity contribution is 0.311. The summed E-state index contributed by atoms with van der Waals surface area (Å²) in [6.07, 6.45) is 9.51. The van der Waals surface area contributed by atoms with Crippen molar-refractivity contribution in [3.63, 3.8) is 0 Å². The Labute approximate surface area is 174 Å². The van der Waals surface area contributed by atoms with Gasteiger partial charge in [-0.15, -0.1) is 0 Å². The molecule has 0 aromatic carbocycles. The van der Waals surface area contributed by atoms with Gasteiger partial charge in [-0.05, 0) is 69.1 Å². The first-order chi connectivity index (χ1) is 13.6. The molecule has 4 rings (SSSR count). The fraction of sp³-hybridized carbons (Fsp3) is 0.565. The monoisotopic (exact) mass is 396 g/mol. The number of hydrogen-bond donors (Lipinski definition) is 1. The minimum Gasteiger partial charge on any atom is -0.352 e. The second-order valence-electron chi connectivity index (χ2n) is 8.31.